The van der Waals surface area contributed by atoms with E-state index in [1.54, 1.807) is 0 Å². The molecule has 1 amide bonds. The van der Waals surface area contributed by atoms with Crippen molar-refractivity contribution in [2.24, 2.45) is 0 Å². The van der Waals surface area contributed by atoms with Crippen molar-refractivity contribution in [3.63, 3.8) is 0 Å². The van der Waals surface area contributed by atoms with E-state index in [0.717, 1.165) is 0 Å². The molecule has 5 nitrogen and oxygen atoms in total. The van der Waals surface area contributed by atoms with Gasteiger partial charge in [-0.05, 0) is 13.8 Å². The predicted octanol–water partition coefficient (Wildman–Crippen LogP) is 0.0432. The highest BCUT2D eigenvalue weighted by atomic mass is 16.8. The van der Waals surface area contributed by atoms with Gasteiger partial charge in [0.15, 0.2) is 5.79 Å². The summed E-state index contributed by atoms with van der Waals surface area (Å²) in [5.41, 5.74) is 0. The second-order valence-corrected chi connectivity index (χ2v) is 4.79. The smallest absolute Gasteiger partial charge is 0.217 e. The summed E-state index contributed by atoms with van der Waals surface area (Å²) < 4.78 is 17.0. The number of fused-ring (bicyclic) bond motifs is 1. The van der Waals surface area contributed by atoms with Crippen molar-refractivity contribution in [1.29, 1.82) is 0 Å². The number of terminal acetylenes is 1. The molecule has 0 radical (unpaired) electrons. The molecule has 2 aliphatic rings. The third kappa shape index (κ3) is 2.44. The highest BCUT2D eigenvalue weighted by molar-refractivity contribution is 5.73. The van der Waals surface area contributed by atoms with E-state index in [4.69, 9.17) is 20.6 Å². The maximum absolute atomic E-state index is 11.1. The lowest BCUT2D eigenvalue weighted by molar-refractivity contribution is -0.150. The van der Waals surface area contributed by atoms with Gasteiger partial charge in [-0.25, -0.2) is 0 Å². The summed E-state index contributed by atoms with van der Waals surface area (Å²) >= 11 is 0. The molecular weight excluding hydrogens is 222 g/mol. The molecule has 94 valence electrons. The van der Waals surface area contributed by atoms with Gasteiger partial charge < -0.3 is 19.5 Å². The molecule has 2 fully saturated rings. The third-order valence-corrected chi connectivity index (χ3v) is 2.87. The summed E-state index contributed by atoms with van der Waals surface area (Å²) in [4.78, 5) is 11.1. The average molecular weight is 239 g/mol. The highest BCUT2D eigenvalue weighted by Crippen LogP contribution is 2.35. The first-order chi connectivity index (χ1) is 7.93. The van der Waals surface area contributed by atoms with Crippen molar-refractivity contribution < 1.29 is 19.0 Å². The van der Waals surface area contributed by atoms with Gasteiger partial charge in [0.05, 0.1) is 12.6 Å². The van der Waals surface area contributed by atoms with E-state index in [2.05, 4.69) is 11.2 Å². The molecule has 0 spiro atoms. The number of amides is 1. The first-order valence-electron chi connectivity index (χ1n) is 5.63. The molecular formula is C12H17NO4. The van der Waals surface area contributed by atoms with E-state index in [0.29, 0.717) is 6.61 Å². The van der Waals surface area contributed by atoms with Crippen molar-refractivity contribution in [2.75, 3.05) is 6.61 Å². The van der Waals surface area contributed by atoms with Gasteiger partial charge in [-0.15, -0.1) is 6.42 Å². The molecule has 0 aromatic heterocycles. The van der Waals surface area contributed by atoms with Crippen LogP contribution in [0, 0.1) is 12.3 Å². The fourth-order valence-electron chi connectivity index (χ4n) is 2.29. The van der Waals surface area contributed by atoms with E-state index < -0.39 is 11.9 Å². The fourth-order valence-corrected chi connectivity index (χ4v) is 2.29. The molecule has 0 unspecified atom stereocenters. The number of carbonyl (C=O) groups excluding carboxylic acids is 1. The minimum absolute atomic E-state index is 0.121. The second-order valence-electron chi connectivity index (χ2n) is 4.79. The summed E-state index contributed by atoms with van der Waals surface area (Å²) in [6.07, 6.45) is 4.38. The van der Waals surface area contributed by atoms with Gasteiger partial charge >= 0.3 is 0 Å². The number of rotatable bonds is 1. The standard InChI is InChI=1S/C12H17NO4/c1-5-9-11-10(16-12(3,4)17-11)8(6-15-9)13-7(2)14/h1,8-11H,6H2,2-4H3,(H,13,14)/t8-,9+,10+,11-/m0/s1. The Morgan fingerprint density at radius 3 is 2.65 bits per heavy atom. The van der Waals surface area contributed by atoms with Crippen LogP contribution in [0.5, 0.6) is 0 Å². The van der Waals surface area contributed by atoms with Gasteiger partial charge in [0.25, 0.3) is 0 Å². The summed E-state index contributed by atoms with van der Waals surface area (Å²) in [5, 5.41) is 2.80. The predicted molar refractivity (Wildman–Crippen MR) is 60.0 cm³/mol. The average Bonchev–Trinajstić information content (AvgIpc) is 2.53. The van der Waals surface area contributed by atoms with Crippen LogP contribution in [0.25, 0.3) is 0 Å². The molecule has 2 aliphatic heterocycles. The van der Waals surface area contributed by atoms with Crippen LogP contribution < -0.4 is 5.32 Å². The van der Waals surface area contributed by atoms with Crippen LogP contribution in [0.2, 0.25) is 0 Å². The molecule has 5 heteroatoms. The van der Waals surface area contributed by atoms with Gasteiger partial charge in [0, 0.05) is 6.92 Å². The molecule has 0 aliphatic carbocycles. The highest BCUT2D eigenvalue weighted by Gasteiger charge is 2.51. The van der Waals surface area contributed by atoms with Crippen LogP contribution in [-0.4, -0.2) is 42.7 Å². The Kier molecular flexibility index (Phi) is 3.13. The van der Waals surface area contributed by atoms with Crippen molar-refractivity contribution >= 4 is 5.91 Å². The van der Waals surface area contributed by atoms with Crippen molar-refractivity contribution in [3.8, 4) is 12.3 Å². The second kappa shape index (κ2) is 4.30. The maximum Gasteiger partial charge on any atom is 0.217 e. The largest absolute Gasteiger partial charge is 0.360 e. The zero-order chi connectivity index (χ0) is 12.6. The van der Waals surface area contributed by atoms with Crippen LogP contribution in [0.15, 0.2) is 0 Å². The molecule has 17 heavy (non-hydrogen) atoms. The van der Waals surface area contributed by atoms with Crippen LogP contribution >= 0.6 is 0 Å². The van der Waals surface area contributed by atoms with Gasteiger partial charge in [-0.3, -0.25) is 4.79 Å². The zero-order valence-corrected chi connectivity index (χ0v) is 10.2. The molecule has 0 aromatic carbocycles. The Labute approximate surface area is 101 Å². The summed E-state index contributed by atoms with van der Waals surface area (Å²) in [7, 11) is 0. The quantitative estimate of drug-likeness (QED) is 0.657. The van der Waals surface area contributed by atoms with Gasteiger partial charge in [0.1, 0.15) is 18.3 Å². The van der Waals surface area contributed by atoms with Gasteiger partial charge in [0.2, 0.25) is 5.91 Å². The van der Waals surface area contributed by atoms with Crippen LogP contribution in [0.1, 0.15) is 20.8 Å². The van der Waals surface area contributed by atoms with E-state index in [1.807, 2.05) is 13.8 Å². The Morgan fingerprint density at radius 2 is 2.06 bits per heavy atom. The number of carbonyl (C=O) groups is 1. The van der Waals surface area contributed by atoms with E-state index in [1.165, 1.54) is 6.92 Å². The summed E-state index contributed by atoms with van der Waals surface area (Å²) in [6.45, 7) is 5.45. The lowest BCUT2D eigenvalue weighted by Crippen LogP contribution is -2.57. The van der Waals surface area contributed by atoms with E-state index >= 15 is 0 Å². The summed E-state index contributed by atoms with van der Waals surface area (Å²) in [6, 6.07) is -0.219. The maximum atomic E-state index is 11.1. The monoisotopic (exact) mass is 239 g/mol. The Hall–Kier alpha value is -1.09. The molecule has 0 saturated carbocycles. The van der Waals surface area contributed by atoms with E-state index in [9.17, 15) is 4.79 Å². The molecule has 1 N–H and O–H groups in total. The van der Waals surface area contributed by atoms with Crippen molar-refractivity contribution in [2.45, 2.75) is 50.9 Å². The van der Waals surface area contributed by atoms with Crippen LogP contribution in [0.4, 0.5) is 0 Å². The van der Waals surface area contributed by atoms with Gasteiger partial charge in [-0.1, -0.05) is 5.92 Å². The topological polar surface area (TPSA) is 56.8 Å². The van der Waals surface area contributed by atoms with Crippen molar-refractivity contribution in [3.05, 3.63) is 0 Å². The Balaban J connectivity index is 2.16. The Bertz CT molecular complexity index is 360. The molecule has 0 aromatic rings. The minimum Gasteiger partial charge on any atom is -0.360 e. The molecule has 2 heterocycles. The number of hydrogen-bond acceptors (Lipinski definition) is 4. The summed E-state index contributed by atoms with van der Waals surface area (Å²) in [5.74, 6) is 1.73. The number of ether oxygens (including phenoxy) is 3. The first-order valence-corrected chi connectivity index (χ1v) is 5.63. The normalized spacial score (nSPS) is 39.2. The number of hydrogen-bond donors (Lipinski definition) is 1. The van der Waals surface area contributed by atoms with E-state index in [-0.39, 0.29) is 24.2 Å². The number of nitrogens with one attached hydrogen (secondary N) is 1. The van der Waals surface area contributed by atoms with Crippen molar-refractivity contribution in [1.82, 2.24) is 5.32 Å². The molecule has 4 atom stereocenters. The van der Waals surface area contributed by atoms with Crippen LogP contribution in [-0.2, 0) is 19.0 Å². The molecule has 2 rings (SSSR count). The lowest BCUT2D eigenvalue weighted by atomic mass is 9.98. The lowest BCUT2D eigenvalue weighted by Gasteiger charge is -2.34. The third-order valence-electron chi connectivity index (χ3n) is 2.87. The van der Waals surface area contributed by atoms with Gasteiger partial charge in [-0.2, -0.15) is 0 Å². The fraction of sp³-hybridized carbons (Fsp3) is 0.750. The Morgan fingerprint density at radius 1 is 1.41 bits per heavy atom. The minimum atomic E-state index is -0.700. The molecule has 2 saturated heterocycles. The first kappa shape index (κ1) is 12.4. The zero-order valence-electron chi connectivity index (χ0n) is 10.2. The molecule has 0 bridgehead atoms. The van der Waals surface area contributed by atoms with Crippen LogP contribution in [0.3, 0.4) is 0 Å². The SMILES string of the molecule is C#C[C@H]1OC[C@H](NC(C)=O)[C@H]2OC(C)(C)O[C@H]21.